The molecule has 0 spiro atoms. The van der Waals surface area contributed by atoms with Gasteiger partial charge >= 0.3 is 6.18 Å². The van der Waals surface area contributed by atoms with Crippen molar-refractivity contribution in [3.05, 3.63) is 82.1 Å². The quantitative estimate of drug-likeness (QED) is 0.230. The summed E-state index contributed by atoms with van der Waals surface area (Å²) >= 11 is 1.19. The number of carbonyl (C=O) groups is 1. The number of anilines is 2. The van der Waals surface area contributed by atoms with Crippen molar-refractivity contribution in [1.82, 2.24) is 15.0 Å². The van der Waals surface area contributed by atoms with Crippen LogP contribution in [0.25, 0.3) is 5.69 Å². The van der Waals surface area contributed by atoms with Crippen LogP contribution in [0.1, 0.15) is 28.2 Å². The Bertz CT molecular complexity index is 1530. The fraction of sp³-hybridized carbons (Fsp3) is 0.192. The first kappa shape index (κ1) is 25.3. The molecule has 0 unspecified atom stereocenters. The summed E-state index contributed by atoms with van der Waals surface area (Å²) < 4.78 is 51.7. The summed E-state index contributed by atoms with van der Waals surface area (Å²) in [6.45, 7) is 4.13. The van der Waals surface area contributed by atoms with E-state index in [2.05, 4.69) is 25.4 Å². The lowest BCUT2D eigenvalue weighted by molar-refractivity contribution is -0.137. The fourth-order valence-corrected chi connectivity index (χ4v) is 4.79. The van der Waals surface area contributed by atoms with Crippen molar-refractivity contribution in [3.8, 4) is 17.2 Å². The number of amides is 1. The van der Waals surface area contributed by atoms with E-state index in [9.17, 15) is 18.0 Å². The summed E-state index contributed by atoms with van der Waals surface area (Å²) in [5.74, 6) is 1.02. The Morgan fingerprint density at radius 1 is 1.16 bits per heavy atom. The molecule has 1 aliphatic heterocycles. The Labute approximate surface area is 219 Å². The zero-order valence-corrected chi connectivity index (χ0v) is 21.1. The molecule has 1 amide bonds. The van der Waals surface area contributed by atoms with E-state index in [1.54, 1.807) is 11.6 Å². The third-order valence-electron chi connectivity index (χ3n) is 5.81. The topological polar surface area (TPSA) is 89.8 Å². The second-order valence-corrected chi connectivity index (χ2v) is 9.38. The predicted molar refractivity (Wildman–Crippen MR) is 138 cm³/mol. The zero-order valence-electron chi connectivity index (χ0n) is 20.3. The smallest absolute Gasteiger partial charge is 0.416 e. The first-order valence-corrected chi connectivity index (χ1v) is 12.3. The number of hydrazone groups is 1. The second kappa shape index (κ2) is 10.2. The van der Waals surface area contributed by atoms with Crippen LogP contribution in [0.15, 0.2) is 59.0 Å². The van der Waals surface area contributed by atoms with Gasteiger partial charge < -0.3 is 19.4 Å². The van der Waals surface area contributed by atoms with E-state index in [1.165, 1.54) is 23.5 Å². The molecule has 38 heavy (non-hydrogen) atoms. The molecule has 0 atom stereocenters. The number of alkyl halides is 3. The number of halogens is 3. The Kier molecular flexibility index (Phi) is 6.81. The van der Waals surface area contributed by atoms with Crippen molar-refractivity contribution in [2.24, 2.45) is 5.10 Å². The highest BCUT2D eigenvalue weighted by molar-refractivity contribution is 7.13. The summed E-state index contributed by atoms with van der Waals surface area (Å²) in [5, 5.41) is 8.97. The molecule has 4 aromatic rings. The van der Waals surface area contributed by atoms with Crippen molar-refractivity contribution in [1.29, 1.82) is 0 Å². The van der Waals surface area contributed by atoms with Crippen LogP contribution < -0.4 is 20.2 Å². The van der Waals surface area contributed by atoms with Crippen molar-refractivity contribution in [3.63, 3.8) is 0 Å². The van der Waals surface area contributed by atoms with Gasteiger partial charge in [0.1, 0.15) is 0 Å². The number of rotatable bonds is 7. The number of benzene rings is 2. The predicted octanol–water partition coefficient (Wildman–Crippen LogP) is 5.73. The van der Waals surface area contributed by atoms with Gasteiger partial charge in [-0.05, 0) is 50.2 Å². The van der Waals surface area contributed by atoms with Gasteiger partial charge in [-0.1, -0.05) is 6.07 Å². The molecular formula is C26H22F3N5O3S. The molecular weight excluding hydrogens is 519 g/mol. The van der Waals surface area contributed by atoms with E-state index < -0.39 is 11.7 Å². The molecule has 2 N–H and O–H groups in total. The molecule has 0 saturated carbocycles. The highest BCUT2D eigenvalue weighted by Crippen LogP contribution is 2.35. The van der Waals surface area contributed by atoms with Gasteiger partial charge in [0.05, 0.1) is 23.9 Å². The van der Waals surface area contributed by atoms with Crippen LogP contribution >= 0.6 is 11.3 Å². The highest BCUT2D eigenvalue weighted by atomic mass is 32.1. The number of ether oxygens (including phenoxy) is 2. The van der Waals surface area contributed by atoms with Crippen LogP contribution in [0, 0.1) is 13.8 Å². The largest absolute Gasteiger partial charge is 0.454 e. The number of nitrogens with one attached hydrogen (secondary N) is 2. The number of aromatic nitrogens is 2. The molecule has 3 heterocycles. The molecule has 8 nitrogen and oxygen atoms in total. The van der Waals surface area contributed by atoms with E-state index in [1.807, 2.05) is 38.1 Å². The molecule has 1 aliphatic rings. The van der Waals surface area contributed by atoms with Crippen LogP contribution in [0.5, 0.6) is 11.5 Å². The third-order valence-corrected chi connectivity index (χ3v) is 6.62. The standard InChI is InChI=1S/C26H22F3N5O3S/c1-15-8-17(16(2)34(15)21-6-7-22-23(11-21)37-14-36-22)12-30-33-24(35)10-20-13-38-25(32-20)31-19-5-3-4-18(9-19)26(27,28)29/h3-9,11-13H,10,14H2,1-2H3,(H,31,32)(H,33,35)/b30-12-. The molecule has 0 saturated heterocycles. The lowest BCUT2D eigenvalue weighted by atomic mass is 10.2. The lowest BCUT2D eigenvalue weighted by Crippen LogP contribution is -2.20. The first-order chi connectivity index (χ1) is 18.2. The molecule has 2 aromatic carbocycles. The molecule has 0 fully saturated rings. The summed E-state index contributed by atoms with van der Waals surface area (Å²) in [6, 6.07) is 12.5. The van der Waals surface area contributed by atoms with Crippen LogP contribution in [-0.4, -0.2) is 28.5 Å². The van der Waals surface area contributed by atoms with Crippen LogP contribution in [-0.2, 0) is 17.4 Å². The molecule has 2 aromatic heterocycles. The molecule has 0 aliphatic carbocycles. The molecule has 0 bridgehead atoms. The highest BCUT2D eigenvalue weighted by Gasteiger charge is 2.30. The molecule has 5 rings (SSSR count). The van der Waals surface area contributed by atoms with Gasteiger partial charge in [-0.3, -0.25) is 4.79 Å². The fourth-order valence-electron chi connectivity index (χ4n) is 4.06. The molecule has 0 radical (unpaired) electrons. The number of hydrogen-bond acceptors (Lipinski definition) is 7. The van der Waals surface area contributed by atoms with Crippen molar-refractivity contribution >= 4 is 34.3 Å². The van der Waals surface area contributed by atoms with E-state index in [4.69, 9.17) is 9.47 Å². The monoisotopic (exact) mass is 541 g/mol. The number of carbonyl (C=O) groups excluding carboxylic acids is 1. The van der Waals surface area contributed by atoms with E-state index in [0.29, 0.717) is 22.3 Å². The summed E-state index contributed by atoms with van der Waals surface area (Å²) in [4.78, 5) is 16.7. The SMILES string of the molecule is Cc1cc(/C=N\NC(=O)Cc2csc(Nc3cccc(C(F)(F)F)c3)n2)c(C)n1-c1ccc2c(c1)OCO2. The summed E-state index contributed by atoms with van der Waals surface area (Å²) in [6.07, 6.45) is -2.89. The zero-order chi connectivity index (χ0) is 26.9. The number of hydrogen-bond donors (Lipinski definition) is 2. The van der Waals surface area contributed by atoms with Crippen LogP contribution in [0.2, 0.25) is 0 Å². The van der Waals surface area contributed by atoms with Crippen molar-refractivity contribution in [2.45, 2.75) is 26.4 Å². The van der Waals surface area contributed by atoms with Gasteiger partial charge in [-0.25, -0.2) is 10.4 Å². The third kappa shape index (κ3) is 5.49. The average Bonchev–Trinajstić information content (AvgIpc) is 3.58. The Balaban J connectivity index is 1.19. The van der Waals surface area contributed by atoms with Crippen LogP contribution in [0.3, 0.4) is 0 Å². The Morgan fingerprint density at radius 2 is 1.97 bits per heavy atom. The average molecular weight is 542 g/mol. The summed E-state index contributed by atoms with van der Waals surface area (Å²) in [7, 11) is 0. The van der Waals surface area contributed by atoms with Crippen LogP contribution in [0.4, 0.5) is 24.0 Å². The maximum atomic E-state index is 12.9. The van der Waals surface area contributed by atoms with E-state index >= 15 is 0 Å². The normalized spacial score (nSPS) is 12.8. The Morgan fingerprint density at radius 3 is 2.79 bits per heavy atom. The summed E-state index contributed by atoms with van der Waals surface area (Å²) in [5.41, 5.74) is 6.14. The Hall–Kier alpha value is -4.32. The number of aryl methyl sites for hydroxylation is 1. The maximum Gasteiger partial charge on any atom is 0.416 e. The van der Waals surface area contributed by atoms with Gasteiger partial charge in [0.2, 0.25) is 12.7 Å². The molecule has 196 valence electrons. The lowest BCUT2D eigenvalue weighted by Gasteiger charge is -2.10. The van der Waals surface area contributed by atoms with Crippen molar-refractivity contribution < 1.29 is 27.4 Å². The van der Waals surface area contributed by atoms with Gasteiger partial charge in [-0.15, -0.1) is 11.3 Å². The molecule has 12 heteroatoms. The van der Waals surface area contributed by atoms with Gasteiger partial charge in [0.15, 0.2) is 16.6 Å². The first-order valence-electron chi connectivity index (χ1n) is 11.5. The maximum absolute atomic E-state index is 12.9. The minimum atomic E-state index is -4.43. The number of fused-ring (bicyclic) bond motifs is 1. The minimum absolute atomic E-state index is 0.0334. The van der Waals surface area contributed by atoms with Gasteiger partial charge in [0.25, 0.3) is 0 Å². The van der Waals surface area contributed by atoms with Crippen molar-refractivity contribution in [2.75, 3.05) is 12.1 Å². The van der Waals surface area contributed by atoms with Gasteiger partial charge in [-0.2, -0.15) is 18.3 Å². The van der Waals surface area contributed by atoms with E-state index in [-0.39, 0.29) is 24.8 Å². The van der Waals surface area contributed by atoms with E-state index in [0.717, 1.165) is 34.8 Å². The number of thiazole rings is 1. The second-order valence-electron chi connectivity index (χ2n) is 8.52. The van der Waals surface area contributed by atoms with Gasteiger partial charge in [0, 0.05) is 39.8 Å². The minimum Gasteiger partial charge on any atom is -0.454 e. The number of nitrogens with zero attached hydrogens (tertiary/aromatic N) is 3.